The van der Waals surface area contributed by atoms with Gasteiger partial charge >= 0.3 is 9.28 Å². The molecule has 0 amide bonds. The van der Waals surface area contributed by atoms with Gasteiger partial charge in [-0.05, 0) is 39.2 Å². The van der Waals surface area contributed by atoms with E-state index in [0.717, 1.165) is 6.04 Å². The first kappa shape index (κ1) is 14.1. The van der Waals surface area contributed by atoms with E-state index < -0.39 is 9.28 Å². The molecule has 0 N–H and O–H groups in total. The molecule has 0 bridgehead atoms. The maximum absolute atomic E-state index is 5.82. The third kappa shape index (κ3) is 8.72. The summed E-state index contributed by atoms with van der Waals surface area (Å²) < 4.78 is 11.6. The van der Waals surface area contributed by atoms with Crippen LogP contribution in [0.3, 0.4) is 0 Å². The van der Waals surface area contributed by atoms with Gasteiger partial charge in [0.1, 0.15) is 0 Å². The highest BCUT2D eigenvalue weighted by Gasteiger charge is 2.26. The molecule has 0 aliphatic heterocycles. The van der Waals surface area contributed by atoms with Gasteiger partial charge in [-0.2, -0.15) is 0 Å². The highest BCUT2D eigenvalue weighted by Crippen LogP contribution is 2.23. The van der Waals surface area contributed by atoms with Crippen molar-refractivity contribution in [2.75, 3.05) is 0 Å². The molecule has 2 nitrogen and oxygen atoms in total. The molecule has 0 aliphatic rings. The monoisotopic (exact) mass is 217 g/mol. The first-order valence-electron chi connectivity index (χ1n) is 5.40. The molecular weight excluding hydrogens is 192 g/mol. The van der Waals surface area contributed by atoms with E-state index in [1.54, 1.807) is 0 Å². The van der Waals surface area contributed by atoms with Crippen LogP contribution >= 0.6 is 0 Å². The smallest absolute Gasteiger partial charge is 0.385 e. The lowest BCUT2D eigenvalue weighted by Crippen LogP contribution is -2.33. The van der Waals surface area contributed by atoms with Crippen LogP contribution in [-0.2, 0) is 8.85 Å². The quantitative estimate of drug-likeness (QED) is 0.657. The molecule has 0 spiro atoms. The van der Waals surface area contributed by atoms with Crippen molar-refractivity contribution in [2.45, 2.75) is 66.7 Å². The minimum Gasteiger partial charge on any atom is -0.391 e. The van der Waals surface area contributed by atoms with Crippen molar-refractivity contribution in [1.29, 1.82) is 0 Å². The van der Waals surface area contributed by atoms with Crippen LogP contribution in [0.5, 0.6) is 0 Å². The molecule has 1 radical (unpaired) electrons. The maximum Gasteiger partial charge on any atom is 0.385 e. The summed E-state index contributed by atoms with van der Waals surface area (Å²) in [4.78, 5) is 0. The highest BCUT2D eigenvalue weighted by atomic mass is 28.3. The van der Waals surface area contributed by atoms with Crippen molar-refractivity contribution in [3.63, 3.8) is 0 Å². The molecule has 0 aromatic rings. The van der Waals surface area contributed by atoms with E-state index in [4.69, 9.17) is 8.85 Å². The Labute approximate surface area is 90.8 Å². The fourth-order valence-electron chi connectivity index (χ4n) is 1.07. The lowest BCUT2D eigenvalue weighted by atomic mass is 10.0. The Morgan fingerprint density at radius 1 is 0.929 bits per heavy atom. The van der Waals surface area contributed by atoms with Crippen LogP contribution in [0.1, 0.15) is 48.5 Å². The van der Waals surface area contributed by atoms with Gasteiger partial charge in [-0.3, -0.25) is 0 Å². The average molecular weight is 217 g/mol. The van der Waals surface area contributed by atoms with Crippen LogP contribution in [-0.4, -0.2) is 21.5 Å². The third-order valence-electron chi connectivity index (χ3n) is 1.41. The van der Waals surface area contributed by atoms with E-state index in [1.165, 1.54) is 0 Å². The molecule has 0 aromatic heterocycles. The van der Waals surface area contributed by atoms with Gasteiger partial charge < -0.3 is 8.85 Å². The van der Waals surface area contributed by atoms with Crippen molar-refractivity contribution in [3.05, 3.63) is 0 Å². The number of hydrogen-bond acceptors (Lipinski definition) is 2. The summed E-state index contributed by atoms with van der Waals surface area (Å²) in [6.45, 7) is 14.9. The predicted octanol–water partition coefficient (Wildman–Crippen LogP) is 3.37. The fraction of sp³-hybridized carbons (Fsp3) is 1.00. The SMILES string of the molecule is CC(C)O[Si](CC(C)(C)C)OC(C)C. The second-order valence-electron chi connectivity index (χ2n) is 5.44. The van der Waals surface area contributed by atoms with Crippen molar-refractivity contribution in [2.24, 2.45) is 5.41 Å². The third-order valence-corrected chi connectivity index (χ3v) is 4.23. The highest BCUT2D eigenvalue weighted by molar-refractivity contribution is 6.44. The number of rotatable bonds is 5. The Morgan fingerprint density at radius 2 is 1.29 bits per heavy atom. The van der Waals surface area contributed by atoms with Crippen molar-refractivity contribution in [1.82, 2.24) is 0 Å². The van der Waals surface area contributed by atoms with E-state index >= 15 is 0 Å². The summed E-state index contributed by atoms with van der Waals surface area (Å²) in [5, 5.41) is 0. The zero-order chi connectivity index (χ0) is 11.4. The van der Waals surface area contributed by atoms with E-state index in [0.29, 0.717) is 0 Å². The second-order valence-corrected chi connectivity index (χ2v) is 7.01. The van der Waals surface area contributed by atoms with Gasteiger partial charge in [0.25, 0.3) is 0 Å². The molecule has 0 saturated carbocycles. The normalized spacial score (nSPS) is 13.3. The summed E-state index contributed by atoms with van der Waals surface area (Å²) in [6.07, 6.45) is 0.537. The molecule has 0 fully saturated rings. The van der Waals surface area contributed by atoms with E-state index in [2.05, 4.69) is 48.5 Å². The Balaban J connectivity index is 4.11. The summed E-state index contributed by atoms with van der Waals surface area (Å²) in [5.41, 5.74) is 0.290. The topological polar surface area (TPSA) is 18.5 Å². The molecule has 0 saturated heterocycles. The Hall–Kier alpha value is 0.137. The van der Waals surface area contributed by atoms with Crippen LogP contribution in [0.25, 0.3) is 0 Å². The molecule has 0 unspecified atom stereocenters. The molecule has 3 heteroatoms. The van der Waals surface area contributed by atoms with Crippen LogP contribution in [0.15, 0.2) is 0 Å². The average Bonchev–Trinajstić information content (AvgIpc) is 1.77. The lowest BCUT2D eigenvalue weighted by molar-refractivity contribution is 0.123. The minimum atomic E-state index is -1.10. The van der Waals surface area contributed by atoms with E-state index in [9.17, 15) is 0 Å². The van der Waals surface area contributed by atoms with Crippen molar-refractivity contribution >= 4 is 9.28 Å². The molecule has 14 heavy (non-hydrogen) atoms. The summed E-state index contributed by atoms with van der Waals surface area (Å²) in [7, 11) is -1.10. The standard InChI is InChI=1S/C11H25O2Si/c1-9(2)12-14(13-10(3)4)8-11(5,6)7/h9-10H,8H2,1-7H3. The van der Waals surface area contributed by atoms with Crippen LogP contribution in [0.2, 0.25) is 6.04 Å². The molecule has 0 aromatic carbocycles. The molecular formula is C11H25O2Si. The fourth-order valence-corrected chi connectivity index (χ4v) is 3.21. The molecule has 0 atom stereocenters. The maximum atomic E-state index is 5.82. The van der Waals surface area contributed by atoms with Gasteiger partial charge in [0, 0.05) is 12.2 Å². The molecule has 0 heterocycles. The first-order chi connectivity index (χ1) is 6.20. The van der Waals surface area contributed by atoms with E-state index in [1.807, 2.05) is 0 Å². The largest absolute Gasteiger partial charge is 0.391 e. The molecule has 0 aliphatic carbocycles. The zero-order valence-electron chi connectivity index (χ0n) is 10.7. The van der Waals surface area contributed by atoms with Gasteiger partial charge in [-0.15, -0.1) is 0 Å². The van der Waals surface area contributed by atoms with Gasteiger partial charge in [-0.1, -0.05) is 20.8 Å². The van der Waals surface area contributed by atoms with Crippen LogP contribution in [0, 0.1) is 5.41 Å². The summed E-state index contributed by atoms with van der Waals surface area (Å²) in [6, 6.07) is 1.04. The van der Waals surface area contributed by atoms with Gasteiger partial charge in [0.15, 0.2) is 0 Å². The van der Waals surface area contributed by atoms with E-state index in [-0.39, 0.29) is 17.6 Å². The van der Waals surface area contributed by atoms with Crippen molar-refractivity contribution < 1.29 is 8.85 Å². The molecule has 0 rings (SSSR count). The summed E-state index contributed by atoms with van der Waals surface area (Å²) in [5.74, 6) is 0. The number of hydrogen-bond donors (Lipinski definition) is 0. The lowest BCUT2D eigenvalue weighted by Gasteiger charge is -2.26. The molecule has 85 valence electrons. The van der Waals surface area contributed by atoms with Gasteiger partial charge in [0.2, 0.25) is 0 Å². The van der Waals surface area contributed by atoms with Gasteiger partial charge in [-0.25, -0.2) is 0 Å². The summed E-state index contributed by atoms with van der Waals surface area (Å²) >= 11 is 0. The minimum absolute atomic E-state index is 0.269. The Kier molecular flexibility index (Phi) is 5.94. The Bertz CT molecular complexity index is 140. The van der Waals surface area contributed by atoms with Crippen LogP contribution < -0.4 is 0 Å². The Morgan fingerprint density at radius 3 is 1.50 bits per heavy atom. The zero-order valence-corrected chi connectivity index (χ0v) is 11.7. The van der Waals surface area contributed by atoms with Crippen molar-refractivity contribution in [3.8, 4) is 0 Å². The van der Waals surface area contributed by atoms with Gasteiger partial charge in [0.05, 0.1) is 0 Å². The first-order valence-corrected chi connectivity index (χ1v) is 6.92. The van der Waals surface area contributed by atoms with Crippen LogP contribution in [0.4, 0.5) is 0 Å². The predicted molar refractivity (Wildman–Crippen MR) is 62.5 cm³/mol. The second kappa shape index (κ2) is 5.88.